The van der Waals surface area contributed by atoms with E-state index in [1.54, 1.807) is 0 Å². The third-order valence-corrected chi connectivity index (χ3v) is 12.5. The van der Waals surface area contributed by atoms with E-state index in [0.717, 1.165) is 70.6 Å². The van der Waals surface area contributed by atoms with Gasteiger partial charge in [-0.1, -0.05) is 231 Å². The average molecular weight is 860 g/mol. The summed E-state index contributed by atoms with van der Waals surface area (Å²) < 4.78 is 5.91. The number of esters is 1. The lowest BCUT2D eigenvalue weighted by atomic mass is 10.0. The van der Waals surface area contributed by atoms with Gasteiger partial charge in [0.15, 0.2) is 0 Å². The molecule has 6 heteroatoms. The van der Waals surface area contributed by atoms with E-state index in [1.807, 2.05) is 0 Å². The monoisotopic (exact) mass is 860 g/mol. The number of amides is 1. The van der Waals surface area contributed by atoms with Gasteiger partial charge in [0.2, 0.25) is 5.91 Å². The molecular formula is C55H105NO5. The van der Waals surface area contributed by atoms with Crippen LogP contribution in [-0.4, -0.2) is 46.9 Å². The summed E-state index contributed by atoms with van der Waals surface area (Å²) in [5.74, 6) is -0.486. The fourth-order valence-electron chi connectivity index (χ4n) is 8.37. The number of ether oxygens (including phenoxy) is 1. The van der Waals surface area contributed by atoms with Crippen LogP contribution in [0.15, 0.2) is 24.3 Å². The Kier molecular flexibility index (Phi) is 48.0. The van der Waals surface area contributed by atoms with E-state index in [4.69, 9.17) is 4.74 Å². The summed E-state index contributed by atoms with van der Waals surface area (Å²) in [6, 6.07) is -0.703. The summed E-state index contributed by atoms with van der Waals surface area (Å²) in [7, 11) is 0. The molecule has 3 atom stereocenters. The number of carbonyl (C=O) groups excluding carboxylic acids is 2. The highest BCUT2D eigenvalue weighted by Crippen LogP contribution is 2.18. The number of rotatable bonds is 49. The molecule has 0 aromatic carbocycles. The van der Waals surface area contributed by atoms with Gasteiger partial charge < -0.3 is 20.3 Å². The first-order valence-electron chi connectivity index (χ1n) is 27.1. The SMILES string of the molecule is CCC/C=C\CCCCCC(CC(=O)NC(CO)C(O)CCCCCCCCCCCCCCCCCCC)OC(=O)CCCCCCCCC/C=C/CCCCCCCC. The van der Waals surface area contributed by atoms with Crippen LogP contribution in [0.2, 0.25) is 0 Å². The highest BCUT2D eigenvalue weighted by atomic mass is 16.5. The van der Waals surface area contributed by atoms with Crippen molar-refractivity contribution in [2.75, 3.05) is 6.61 Å². The number of hydrogen-bond donors (Lipinski definition) is 3. The number of unbranched alkanes of at least 4 members (excludes halogenated alkanes) is 33. The van der Waals surface area contributed by atoms with Gasteiger partial charge in [-0.25, -0.2) is 0 Å². The smallest absolute Gasteiger partial charge is 0.306 e. The number of hydrogen-bond acceptors (Lipinski definition) is 5. The van der Waals surface area contributed by atoms with Crippen LogP contribution < -0.4 is 5.32 Å². The molecule has 0 rings (SSSR count). The van der Waals surface area contributed by atoms with Crippen LogP contribution in [0.1, 0.15) is 290 Å². The van der Waals surface area contributed by atoms with Crippen LogP contribution in [0.25, 0.3) is 0 Å². The molecule has 0 spiro atoms. The molecule has 0 bridgehead atoms. The number of nitrogens with one attached hydrogen (secondary N) is 1. The van der Waals surface area contributed by atoms with Gasteiger partial charge in [-0.05, 0) is 70.6 Å². The Morgan fingerprint density at radius 3 is 1.25 bits per heavy atom. The molecule has 360 valence electrons. The van der Waals surface area contributed by atoms with Gasteiger partial charge >= 0.3 is 5.97 Å². The minimum atomic E-state index is -0.788. The maximum Gasteiger partial charge on any atom is 0.306 e. The Morgan fingerprint density at radius 2 is 0.820 bits per heavy atom. The summed E-state index contributed by atoms with van der Waals surface area (Å²) in [4.78, 5) is 26.1. The first-order chi connectivity index (χ1) is 30.0. The Hall–Kier alpha value is -1.66. The predicted octanol–water partition coefficient (Wildman–Crippen LogP) is 16.3. The van der Waals surface area contributed by atoms with Crippen molar-refractivity contribution in [3.05, 3.63) is 24.3 Å². The topological polar surface area (TPSA) is 95.9 Å². The quantitative estimate of drug-likeness (QED) is 0.0322. The molecule has 0 radical (unpaired) electrons. The summed E-state index contributed by atoms with van der Waals surface area (Å²) in [6.07, 6.45) is 56.8. The summed E-state index contributed by atoms with van der Waals surface area (Å²) in [5, 5.41) is 23.8. The standard InChI is InChI=1S/C55H105NO5/c1-4-7-10-13-16-19-21-23-25-27-29-31-33-35-38-41-44-47-53(58)52(50-57)56-54(59)49-51(46-43-40-37-18-15-12-9-6-3)61-55(60)48-45-42-39-36-34-32-30-28-26-24-22-20-17-14-11-8-5-2/h12,15,24,26,51-53,57-58H,4-11,13-14,16-23,25,27-50H2,1-3H3,(H,56,59)/b15-12-,26-24+. The Bertz CT molecular complexity index is 966. The lowest BCUT2D eigenvalue weighted by molar-refractivity contribution is -0.151. The highest BCUT2D eigenvalue weighted by Gasteiger charge is 2.24. The van der Waals surface area contributed by atoms with Crippen molar-refractivity contribution in [3.63, 3.8) is 0 Å². The lowest BCUT2D eigenvalue weighted by Crippen LogP contribution is -2.46. The van der Waals surface area contributed by atoms with Crippen molar-refractivity contribution < 1.29 is 24.5 Å². The molecule has 0 saturated carbocycles. The second-order valence-corrected chi connectivity index (χ2v) is 18.6. The van der Waals surface area contributed by atoms with Crippen LogP contribution in [0.5, 0.6) is 0 Å². The summed E-state index contributed by atoms with van der Waals surface area (Å²) in [5.41, 5.74) is 0. The molecule has 0 fully saturated rings. The first-order valence-corrected chi connectivity index (χ1v) is 27.1. The van der Waals surface area contributed by atoms with Crippen LogP contribution in [0.3, 0.4) is 0 Å². The normalized spacial score (nSPS) is 13.3. The van der Waals surface area contributed by atoms with Crippen LogP contribution in [0.4, 0.5) is 0 Å². The molecule has 0 saturated heterocycles. The Labute approximate surface area is 380 Å². The molecule has 3 unspecified atom stereocenters. The van der Waals surface area contributed by atoms with E-state index in [0.29, 0.717) is 19.3 Å². The van der Waals surface area contributed by atoms with Crippen LogP contribution in [0, 0.1) is 0 Å². The van der Waals surface area contributed by atoms with Gasteiger partial charge in [-0.2, -0.15) is 0 Å². The van der Waals surface area contributed by atoms with Gasteiger partial charge in [0.05, 0.1) is 25.2 Å². The van der Waals surface area contributed by atoms with Crippen molar-refractivity contribution >= 4 is 11.9 Å². The van der Waals surface area contributed by atoms with Crippen LogP contribution >= 0.6 is 0 Å². The van der Waals surface area contributed by atoms with Gasteiger partial charge in [0.1, 0.15) is 6.10 Å². The van der Waals surface area contributed by atoms with Gasteiger partial charge in [0.25, 0.3) is 0 Å². The zero-order valence-electron chi connectivity index (χ0n) is 41.1. The number of aliphatic hydroxyl groups excluding tert-OH is 2. The largest absolute Gasteiger partial charge is 0.462 e. The van der Waals surface area contributed by atoms with Crippen molar-refractivity contribution in [1.29, 1.82) is 0 Å². The molecule has 0 aliphatic rings. The Morgan fingerprint density at radius 1 is 0.459 bits per heavy atom. The van der Waals surface area contributed by atoms with Gasteiger partial charge in [-0.3, -0.25) is 9.59 Å². The second kappa shape index (κ2) is 49.4. The van der Waals surface area contributed by atoms with E-state index >= 15 is 0 Å². The average Bonchev–Trinajstić information content (AvgIpc) is 3.25. The molecule has 61 heavy (non-hydrogen) atoms. The minimum Gasteiger partial charge on any atom is -0.462 e. The van der Waals surface area contributed by atoms with E-state index < -0.39 is 18.2 Å². The predicted molar refractivity (Wildman–Crippen MR) is 264 cm³/mol. The zero-order chi connectivity index (χ0) is 44.5. The molecule has 0 aromatic heterocycles. The number of carbonyl (C=O) groups is 2. The van der Waals surface area contributed by atoms with Crippen LogP contribution in [-0.2, 0) is 14.3 Å². The van der Waals surface area contributed by atoms with E-state index in [1.165, 1.54) is 173 Å². The first kappa shape index (κ1) is 59.3. The molecular weight excluding hydrogens is 755 g/mol. The third kappa shape index (κ3) is 44.7. The van der Waals surface area contributed by atoms with Crippen molar-refractivity contribution in [3.8, 4) is 0 Å². The zero-order valence-corrected chi connectivity index (χ0v) is 41.1. The lowest BCUT2D eigenvalue weighted by Gasteiger charge is -2.24. The molecule has 0 heterocycles. The van der Waals surface area contributed by atoms with E-state index in [2.05, 4.69) is 50.4 Å². The fraction of sp³-hybridized carbons (Fsp3) is 0.891. The van der Waals surface area contributed by atoms with Crippen molar-refractivity contribution in [1.82, 2.24) is 5.32 Å². The molecule has 6 nitrogen and oxygen atoms in total. The maximum atomic E-state index is 13.2. The van der Waals surface area contributed by atoms with Crippen molar-refractivity contribution in [2.45, 2.75) is 309 Å². The molecule has 0 aliphatic heterocycles. The van der Waals surface area contributed by atoms with Crippen molar-refractivity contribution in [2.24, 2.45) is 0 Å². The fourth-order valence-corrected chi connectivity index (χ4v) is 8.37. The van der Waals surface area contributed by atoms with E-state index in [-0.39, 0.29) is 24.9 Å². The number of aliphatic hydroxyl groups is 2. The number of allylic oxidation sites excluding steroid dienone is 4. The summed E-state index contributed by atoms with van der Waals surface area (Å²) in [6.45, 7) is 6.43. The molecule has 0 aliphatic carbocycles. The molecule has 3 N–H and O–H groups in total. The Balaban J connectivity index is 4.34. The molecule has 0 aromatic rings. The minimum absolute atomic E-state index is 0.0682. The second-order valence-electron chi connectivity index (χ2n) is 18.6. The van der Waals surface area contributed by atoms with Gasteiger partial charge in [0, 0.05) is 6.42 Å². The third-order valence-electron chi connectivity index (χ3n) is 12.5. The van der Waals surface area contributed by atoms with E-state index in [9.17, 15) is 19.8 Å². The maximum absolute atomic E-state index is 13.2. The highest BCUT2D eigenvalue weighted by molar-refractivity contribution is 5.77. The summed E-state index contributed by atoms with van der Waals surface area (Å²) >= 11 is 0. The van der Waals surface area contributed by atoms with Gasteiger partial charge in [-0.15, -0.1) is 0 Å². The molecule has 1 amide bonds.